The van der Waals surface area contributed by atoms with Gasteiger partial charge in [0.25, 0.3) is 0 Å². The Morgan fingerprint density at radius 1 is 1.21 bits per heavy atom. The third-order valence-electron chi connectivity index (χ3n) is 4.09. The van der Waals surface area contributed by atoms with Gasteiger partial charge in [-0.1, -0.05) is 12.1 Å². The lowest BCUT2D eigenvalue weighted by atomic mass is 9.97. The summed E-state index contributed by atoms with van der Waals surface area (Å²) in [4.78, 5) is 7.81. The van der Waals surface area contributed by atoms with Crippen LogP contribution >= 0.6 is 0 Å². The molecule has 96 valence electrons. The van der Waals surface area contributed by atoms with Crippen LogP contribution in [0.25, 0.3) is 21.8 Å². The van der Waals surface area contributed by atoms with Gasteiger partial charge in [0.05, 0.1) is 11.0 Å². The fourth-order valence-corrected chi connectivity index (χ4v) is 3.04. The molecule has 0 radical (unpaired) electrons. The van der Waals surface area contributed by atoms with E-state index in [4.69, 9.17) is 5.73 Å². The predicted octanol–water partition coefficient (Wildman–Crippen LogP) is 2.38. The first-order chi connectivity index (χ1) is 9.33. The minimum atomic E-state index is 0.602. The third kappa shape index (κ3) is 1.60. The standard InChI is InChI=1S/C15H16N4/c16-15-12-4-6-18-14(12)11-2-1-9(7-13(11)19-15)10-3-5-17-8-10/h1-2,4,6-7,10,17-18H,3,5,8H2,(H2,16,19). The van der Waals surface area contributed by atoms with Crippen molar-refractivity contribution in [1.29, 1.82) is 0 Å². The molecular formula is C15H16N4. The molecule has 1 aromatic carbocycles. The summed E-state index contributed by atoms with van der Waals surface area (Å²) in [5.74, 6) is 1.21. The van der Waals surface area contributed by atoms with E-state index < -0.39 is 0 Å². The molecule has 1 fully saturated rings. The van der Waals surface area contributed by atoms with Crippen molar-refractivity contribution in [2.24, 2.45) is 0 Å². The zero-order valence-corrected chi connectivity index (χ0v) is 10.6. The summed E-state index contributed by atoms with van der Waals surface area (Å²) in [7, 11) is 0. The third-order valence-corrected chi connectivity index (χ3v) is 4.09. The Bertz CT molecular complexity index is 753. The molecule has 0 saturated carbocycles. The van der Waals surface area contributed by atoms with Crippen molar-refractivity contribution in [2.45, 2.75) is 12.3 Å². The van der Waals surface area contributed by atoms with Crippen LogP contribution in [0.4, 0.5) is 5.82 Å². The number of nitrogens with two attached hydrogens (primary N) is 1. The maximum Gasteiger partial charge on any atom is 0.133 e. The van der Waals surface area contributed by atoms with Crippen LogP contribution in [0, 0.1) is 0 Å². The van der Waals surface area contributed by atoms with Gasteiger partial charge in [-0.2, -0.15) is 0 Å². The highest BCUT2D eigenvalue weighted by atomic mass is 14.9. The first-order valence-electron chi connectivity index (χ1n) is 6.70. The van der Waals surface area contributed by atoms with Crippen molar-refractivity contribution in [3.8, 4) is 0 Å². The number of anilines is 1. The largest absolute Gasteiger partial charge is 0.383 e. The normalized spacial score (nSPS) is 19.5. The molecule has 0 amide bonds. The number of rotatable bonds is 1. The Balaban J connectivity index is 1.95. The summed E-state index contributed by atoms with van der Waals surface area (Å²) in [6.07, 6.45) is 3.11. The highest BCUT2D eigenvalue weighted by Gasteiger charge is 2.17. The van der Waals surface area contributed by atoms with Crippen molar-refractivity contribution >= 4 is 27.6 Å². The summed E-state index contributed by atoms with van der Waals surface area (Å²) in [5.41, 5.74) is 9.45. The Morgan fingerprint density at radius 2 is 2.16 bits per heavy atom. The molecule has 0 bridgehead atoms. The lowest BCUT2D eigenvalue weighted by Crippen LogP contribution is -2.08. The second-order valence-electron chi connectivity index (χ2n) is 5.23. The number of aromatic amines is 1. The van der Waals surface area contributed by atoms with E-state index >= 15 is 0 Å². The van der Waals surface area contributed by atoms with Crippen LogP contribution in [-0.4, -0.2) is 23.1 Å². The van der Waals surface area contributed by atoms with Crippen LogP contribution < -0.4 is 11.1 Å². The molecule has 4 rings (SSSR count). The zero-order chi connectivity index (χ0) is 12.8. The molecule has 4 heteroatoms. The molecule has 0 aliphatic carbocycles. The average molecular weight is 252 g/mol. The van der Waals surface area contributed by atoms with Crippen molar-refractivity contribution in [1.82, 2.24) is 15.3 Å². The predicted molar refractivity (Wildman–Crippen MR) is 78.2 cm³/mol. The van der Waals surface area contributed by atoms with Crippen molar-refractivity contribution in [2.75, 3.05) is 18.8 Å². The van der Waals surface area contributed by atoms with Crippen LogP contribution in [0.3, 0.4) is 0 Å². The SMILES string of the molecule is Nc1nc2cc(C3CCNC3)ccc2c2[nH]ccc12. The number of pyridine rings is 1. The van der Waals surface area contributed by atoms with Crippen LogP contribution in [0.1, 0.15) is 17.9 Å². The molecule has 1 aliphatic heterocycles. The van der Waals surface area contributed by atoms with Gasteiger partial charge in [-0.25, -0.2) is 4.98 Å². The Morgan fingerprint density at radius 3 is 3.00 bits per heavy atom. The van der Waals surface area contributed by atoms with Gasteiger partial charge in [-0.05, 0) is 36.6 Å². The van der Waals surface area contributed by atoms with Crippen molar-refractivity contribution in [3.05, 3.63) is 36.0 Å². The molecule has 4 nitrogen and oxygen atoms in total. The first-order valence-corrected chi connectivity index (χ1v) is 6.70. The molecule has 1 atom stereocenters. The smallest absolute Gasteiger partial charge is 0.133 e. The molecule has 1 aliphatic rings. The molecule has 4 N–H and O–H groups in total. The molecule has 0 spiro atoms. The van der Waals surface area contributed by atoms with Gasteiger partial charge in [0.1, 0.15) is 5.82 Å². The van der Waals surface area contributed by atoms with Gasteiger partial charge < -0.3 is 16.0 Å². The number of H-pyrrole nitrogens is 1. The fraction of sp³-hybridized carbons (Fsp3) is 0.267. The maximum atomic E-state index is 6.03. The second-order valence-corrected chi connectivity index (χ2v) is 5.23. The highest BCUT2D eigenvalue weighted by Crippen LogP contribution is 2.30. The Hall–Kier alpha value is -2.07. The minimum absolute atomic E-state index is 0.602. The number of benzene rings is 1. The number of nitrogen functional groups attached to an aromatic ring is 1. The first kappa shape index (κ1) is 10.8. The maximum absolute atomic E-state index is 6.03. The van der Waals surface area contributed by atoms with Gasteiger partial charge in [0.2, 0.25) is 0 Å². The summed E-state index contributed by atoms with van der Waals surface area (Å²) >= 11 is 0. The molecule has 1 saturated heterocycles. The van der Waals surface area contributed by atoms with E-state index in [-0.39, 0.29) is 0 Å². The molecule has 1 unspecified atom stereocenters. The average Bonchev–Trinajstić information content (AvgIpc) is 3.10. The van der Waals surface area contributed by atoms with E-state index in [0.29, 0.717) is 11.7 Å². The second kappa shape index (κ2) is 3.96. The van der Waals surface area contributed by atoms with E-state index in [2.05, 4.69) is 33.5 Å². The highest BCUT2D eigenvalue weighted by molar-refractivity contribution is 6.07. The molecule has 3 heterocycles. The van der Waals surface area contributed by atoms with E-state index in [1.54, 1.807) is 0 Å². The van der Waals surface area contributed by atoms with Gasteiger partial charge in [0.15, 0.2) is 0 Å². The van der Waals surface area contributed by atoms with Crippen molar-refractivity contribution < 1.29 is 0 Å². The van der Waals surface area contributed by atoms with Crippen LogP contribution in [-0.2, 0) is 0 Å². The van der Waals surface area contributed by atoms with Crippen molar-refractivity contribution in [3.63, 3.8) is 0 Å². The lowest BCUT2D eigenvalue weighted by molar-refractivity contribution is 0.764. The number of hydrogen-bond acceptors (Lipinski definition) is 3. The monoisotopic (exact) mass is 252 g/mol. The number of nitrogens with zero attached hydrogens (tertiary/aromatic N) is 1. The molecule has 2 aromatic heterocycles. The van der Waals surface area contributed by atoms with E-state index in [0.717, 1.165) is 34.9 Å². The van der Waals surface area contributed by atoms with E-state index in [1.165, 1.54) is 12.0 Å². The number of nitrogens with one attached hydrogen (secondary N) is 2. The molecular weight excluding hydrogens is 236 g/mol. The lowest BCUT2D eigenvalue weighted by Gasteiger charge is -2.10. The number of aromatic nitrogens is 2. The summed E-state index contributed by atoms with van der Waals surface area (Å²) in [5, 5.41) is 5.55. The topological polar surface area (TPSA) is 66.7 Å². The van der Waals surface area contributed by atoms with Crippen LogP contribution in [0.2, 0.25) is 0 Å². The molecule has 3 aromatic rings. The van der Waals surface area contributed by atoms with E-state index in [1.807, 2.05) is 12.3 Å². The van der Waals surface area contributed by atoms with Crippen LogP contribution in [0.15, 0.2) is 30.5 Å². The molecule has 19 heavy (non-hydrogen) atoms. The summed E-state index contributed by atoms with van der Waals surface area (Å²) in [6.45, 7) is 2.17. The zero-order valence-electron chi connectivity index (χ0n) is 10.6. The van der Waals surface area contributed by atoms with Gasteiger partial charge >= 0.3 is 0 Å². The van der Waals surface area contributed by atoms with Gasteiger partial charge in [0, 0.05) is 23.5 Å². The Kier molecular flexibility index (Phi) is 2.26. The Labute approximate surface area is 111 Å². The summed E-state index contributed by atoms with van der Waals surface area (Å²) in [6, 6.07) is 8.54. The quantitative estimate of drug-likeness (QED) is 0.623. The fourth-order valence-electron chi connectivity index (χ4n) is 3.04. The number of hydrogen-bond donors (Lipinski definition) is 3. The number of fused-ring (bicyclic) bond motifs is 3. The minimum Gasteiger partial charge on any atom is -0.383 e. The van der Waals surface area contributed by atoms with Gasteiger partial charge in [-0.3, -0.25) is 0 Å². The summed E-state index contributed by atoms with van der Waals surface area (Å²) < 4.78 is 0. The van der Waals surface area contributed by atoms with Crippen LogP contribution in [0.5, 0.6) is 0 Å². The van der Waals surface area contributed by atoms with Gasteiger partial charge in [-0.15, -0.1) is 0 Å². The van der Waals surface area contributed by atoms with E-state index in [9.17, 15) is 0 Å².